The minimum absolute atomic E-state index is 0. The number of benzene rings is 9. The van der Waals surface area contributed by atoms with Gasteiger partial charge < -0.3 is 14.0 Å². The molecular formula is C64H52FIrN3OSi-2. The molecule has 0 fully saturated rings. The van der Waals surface area contributed by atoms with Crippen LogP contribution in [0.3, 0.4) is 0 Å². The second kappa shape index (κ2) is 18.8. The number of nitrogens with zero attached hydrogens (tertiary/aromatic N) is 3. The van der Waals surface area contributed by atoms with Gasteiger partial charge in [0, 0.05) is 53.7 Å². The van der Waals surface area contributed by atoms with Crippen LogP contribution in [0.4, 0.5) is 4.39 Å². The van der Waals surface area contributed by atoms with Gasteiger partial charge in [0.1, 0.15) is 11.4 Å². The van der Waals surface area contributed by atoms with E-state index in [0.29, 0.717) is 5.39 Å². The Bertz CT molecular complexity index is 3920. The summed E-state index contributed by atoms with van der Waals surface area (Å²) in [7, 11) is -1.23. The summed E-state index contributed by atoms with van der Waals surface area (Å²) in [5, 5.41) is 7.08. The number of hydrogen-bond acceptors (Lipinski definition) is 3. The molecule has 0 aliphatic heterocycles. The number of aromatic nitrogens is 3. The van der Waals surface area contributed by atoms with Crippen molar-refractivity contribution in [2.45, 2.75) is 52.8 Å². The van der Waals surface area contributed by atoms with Crippen molar-refractivity contribution in [2.24, 2.45) is 0 Å². The van der Waals surface area contributed by atoms with E-state index < -0.39 is 8.07 Å². The molecule has 4 nitrogen and oxygen atoms in total. The Balaban J connectivity index is 0.000000292. The molecule has 0 spiro atoms. The normalized spacial score (nSPS) is 11.8. The zero-order chi connectivity index (χ0) is 48.3. The smallest absolute Gasteiger partial charge is 0.131 e. The number of rotatable bonds is 6. The van der Waals surface area contributed by atoms with E-state index in [1.54, 1.807) is 6.07 Å². The van der Waals surface area contributed by atoms with Crippen molar-refractivity contribution in [3.8, 4) is 50.6 Å². The van der Waals surface area contributed by atoms with Gasteiger partial charge in [-0.1, -0.05) is 174 Å². The summed E-state index contributed by atoms with van der Waals surface area (Å²) in [5.41, 5.74) is 14.0. The van der Waals surface area contributed by atoms with Crippen LogP contribution in [0, 0.1) is 24.9 Å². The molecule has 3 heterocycles. The molecule has 3 aromatic heterocycles. The van der Waals surface area contributed by atoms with E-state index in [2.05, 4.69) is 184 Å². The average Bonchev–Trinajstić information content (AvgIpc) is 3.97. The second-order valence-electron chi connectivity index (χ2n) is 20.2. The Morgan fingerprint density at radius 3 is 2.13 bits per heavy atom. The van der Waals surface area contributed by atoms with Crippen LogP contribution in [0.1, 0.15) is 31.9 Å². The molecule has 9 aromatic carbocycles. The molecule has 12 aromatic rings. The summed E-state index contributed by atoms with van der Waals surface area (Å²) in [6.45, 7) is 15.9. The molecule has 0 aliphatic rings. The first-order valence-corrected chi connectivity index (χ1v) is 27.4. The van der Waals surface area contributed by atoms with Crippen LogP contribution in [0.25, 0.3) is 105 Å². The van der Waals surface area contributed by atoms with E-state index in [9.17, 15) is 4.39 Å². The Hall–Kier alpha value is -7.28. The van der Waals surface area contributed by atoms with Crippen LogP contribution >= 0.6 is 0 Å². The molecule has 0 amide bonds. The molecule has 0 bridgehead atoms. The first-order chi connectivity index (χ1) is 33.8. The van der Waals surface area contributed by atoms with Crippen molar-refractivity contribution in [3.63, 3.8) is 0 Å². The largest absolute Gasteiger partial charge is 0.500 e. The zero-order valence-corrected chi connectivity index (χ0v) is 44.3. The molecule has 1 radical (unpaired) electrons. The fraction of sp³-hybridized carbons (Fsp3) is 0.125. The van der Waals surface area contributed by atoms with Gasteiger partial charge in [-0.25, -0.2) is 4.39 Å². The van der Waals surface area contributed by atoms with Gasteiger partial charge in [0.25, 0.3) is 0 Å². The molecule has 71 heavy (non-hydrogen) atoms. The number of hydrogen-bond donors (Lipinski definition) is 0. The standard InChI is InChI=1S/C50H36FN2O.C14H16NSi.Ir/c1-30-18-22-40(49-52-43-16-10-11-17-45(43)53(49)44-27-21-34(50(2,3)4)29-41(44)31-12-6-5-7-13-31)48-46(30)39-24-20-33-28-32(19-23-36(33)47(39)54-48)35-25-26-42(51)38-15-9-8-14-37(35)38;1-16(2,3)13-9-10-14(15-11-13)12-7-5-4-6-8-12;/h5-21,23-29H,1-4H3;4-7,9-11H,1-3H3;/q2*-1;. The van der Waals surface area contributed by atoms with Crippen molar-refractivity contribution >= 4 is 67.8 Å². The maximum atomic E-state index is 14.7. The number of para-hydroxylation sites is 2. The minimum Gasteiger partial charge on any atom is -0.500 e. The van der Waals surface area contributed by atoms with E-state index in [4.69, 9.17) is 9.40 Å². The third kappa shape index (κ3) is 8.84. The van der Waals surface area contributed by atoms with Crippen LogP contribution in [0.5, 0.6) is 0 Å². The summed E-state index contributed by atoms with van der Waals surface area (Å²) in [5.74, 6) is 0.560. The first-order valence-electron chi connectivity index (χ1n) is 23.9. The quantitative estimate of drug-likeness (QED) is 0.123. The summed E-state index contributed by atoms with van der Waals surface area (Å²) in [6.07, 6.45) is 2.02. The third-order valence-corrected chi connectivity index (χ3v) is 15.5. The van der Waals surface area contributed by atoms with Crippen molar-refractivity contribution in [3.05, 3.63) is 217 Å². The molecule has 0 saturated carbocycles. The predicted octanol–water partition coefficient (Wildman–Crippen LogP) is 16.9. The SMILES string of the molecule is C[Si](C)(C)c1ccc(-c2[c-]cccc2)nc1.Cc1c[c-]c(-c2nc3ccccc3n2-c2ccc(C(C)(C)C)cc2-c2ccccc2)c2oc3c4ccc(-c5ccc(F)c6ccccc56)cc4ccc3c12.[Ir]. The maximum absolute atomic E-state index is 14.7. The summed E-state index contributed by atoms with van der Waals surface area (Å²) >= 11 is 0. The fourth-order valence-corrected chi connectivity index (χ4v) is 10.7. The Kier molecular flexibility index (Phi) is 12.6. The van der Waals surface area contributed by atoms with Crippen LogP contribution in [0.15, 0.2) is 193 Å². The molecule has 0 unspecified atom stereocenters. The van der Waals surface area contributed by atoms with E-state index in [1.165, 1.54) is 10.8 Å². The van der Waals surface area contributed by atoms with E-state index >= 15 is 0 Å². The van der Waals surface area contributed by atoms with Crippen LogP contribution in [0.2, 0.25) is 19.6 Å². The molecule has 0 N–H and O–H groups in total. The summed E-state index contributed by atoms with van der Waals surface area (Å²) in [4.78, 5) is 9.82. The molecule has 351 valence electrons. The molecule has 0 atom stereocenters. The van der Waals surface area contributed by atoms with E-state index in [-0.39, 0.29) is 31.3 Å². The van der Waals surface area contributed by atoms with Gasteiger partial charge in [-0.3, -0.25) is 4.98 Å². The van der Waals surface area contributed by atoms with E-state index in [1.807, 2.05) is 66.9 Å². The summed E-state index contributed by atoms with van der Waals surface area (Å²) in [6, 6.07) is 68.6. The van der Waals surface area contributed by atoms with Crippen LogP contribution in [-0.4, -0.2) is 22.6 Å². The van der Waals surface area contributed by atoms with Gasteiger partial charge in [-0.05, 0) is 85.7 Å². The third-order valence-electron chi connectivity index (χ3n) is 13.5. The van der Waals surface area contributed by atoms with Crippen molar-refractivity contribution in [2.75, 3.05) is 0 Å². The fourth-order valence-electron chi connectivity index (χ4n) is 9.65. The van der Waals surface area contributed by atoms with E-state index in [0.717, 1.165) is 105 Å². The number of fused-ring (bicyclic) bond motifs is 7. The van der Waals surface area contributed by atoms with Crippen molar-refractivity contribution in [1.82, 2.24) is 14.5 Å². The first kappa shape index (κ1) is 47.4. The van der Waals surface area contributed by atoms with Crippen LogP contribution in [-0.2, 0) is 25.5 Å². The Labute approximate surface area is 429 Å². The minimum atomic E-state index is -1.23. The Morgan fingerprint density at radius 1 is 0.634 bits per heavy atom. The van der Waals surface area contributed by atoms with Gasteiger partial charge in [0.05, 0.1) is 30.5 Å². The van der Waals surface area contributed by atoms with Gasteiger partial charge >= 0.3 is 0 Å². The topological polar surface area (TPSA) is 43.9 Å². The van der Waals surface area contributed by atoms with Gasteiger partial charge in [-0.2, -0.15) is 0 Å². The number of imidazole rings is 1. The van der Waals surface area contributed by atoms with Gasteiger partial charge in [0.2, 0.25) is 0 Å². The van der Waals surface area contributed by atoms with Crippen molar-refractivity contribution in [1.29, 1.82) is 0 Å². The zero-order valence-electron chi connectivity index (χ0n) is 40.9. The van der Waals surface area contributed by atoms with Crippen LogP contribution < -0.4 is 5.19 Å². The molecule has 12 rings (SSSR count). The Morgan fingerprint density at radius 2 is 1.38 bits per heavy atom. The monoisotopic (exact) mass is 1120 g/mol. The van der Waals surface area contributed by atoms with Crippen molar-refractivity contribution < 1.29 is 28.9 Å². The number of pyridine rings is 1. The number of halogens is 1. The molecule has 0 saturated heterocycles. The molecule has 0 aliphatic carbocycles. The van der Waals surface area contributed by atoms with Gasteiger partial charge in [-0.15, -0.1) is 53.6 Å². The second-order valence-corrected chi connectivity index (χ2v) is 25.3. The number of furan rings is 1. The molecular weight excluding hydrogens is 1070 g/mol. The maximum Gasteiger partial charge on any atom is 0.131 e. The van der Waals surface area contributed by atoms with Gasteiger partial charge in [0.15, 0.2) is 0 Å². The predicted molar refractivity (Wildman–Crippen MR) is 293 cm³/mol. The number of aryl methyl sites for hydroxylation is 1. The average molecular weight is 1120 g/mol. The molecule has 7 heteroatoms. The summed E-state index contributed by atoms with van der Waals surface area (Å²) < 4.78 is 24.0.